The van der Waals surface area contributed by atoms with Gasteiger partial charge < -0.3 is 0 Å². The van der Waals surface area contributed by atoms with E-state index < -0.39 is 11.2 Å². The molecule has 0 spiro atoms. The molecule has 5 rings (SSSR count). The van der Waals surface area contributed by atoms with Gasteiger partial charge in [0.05, 0.1) is 23.9 Å². The van der Waals surface area contributed by atoms with Crippen molar-refractivity contribution in [2.45, 2.75) is 98.4 Å². The lowest BCUT2D eigenvalue weighted by Crippen LogP contribution is -2.35. The van der Waals surface area contributed by atoms with Crippen molar-refractivity contribution in [2.75, 3.05) is 0 Å². The number of carbonyl (C=O) groups is 1. The van der Waals surface area contributed by atoms with Gasteiger partial charge in [0.15, 0.2) is 5.78 Å². The predicted octanol–water partition coefficient (Wildman–Crippen LogP) is 9.12. The van der Waals surface area contributed by atoms with Crippen LogP contribution in [-0.2, 0) is 24.2 Å². The van der Waals surface area contributed by atoms with Gasteiger partial charge in [-0.05, 0) is 66.5 Å². The van der Waals surface area contributed by atoms with E-state index in [9.17, 15) is 14.9 Å². The fraction of sp³-hybridized carbons (Fsp3) is 0.400. The summed E-state index contributed by atoms with van der Waals surface area (Å²) in [5.41, 5.74) is 3.81. The molecule has 0 N–H and O–H groups in total. The molecule has 0 atom stereocenters. The molecule has 0 aliphatic heterocycles. The van der Waals surface area contributed by atoms with E-state index in [4.69, 9.17) is 0 Å². The van der Waals surface area contributed by atoms with E-state index in [2.05, 4.69) is 41.4 Å². The van der Waals surface area contributed by atoms with Gasteiger partial charge in [-0.2, -0.15) is 5.26 Å². The molecule has 0 radical (unpaired) electrons. The standard InChI is InChI=1S/C28H30FN3O2.C12H16/c1-6-9-25-23(27(34)32(18(2)31-25)17-26(33)28(3,4)5)14-20-13-12-19(15-24(20)29)22-11-8-7-10-21(22)16-30;1-3-7-11(8-4-1)12-9-5-2-6-10-12/h7-8,10-13,15H,6,9,14,17H2,1-5H3;1,3-4,7-8,12H,2,5-6,9-10H2. The van der Waals surface area contributed by atoms with Crippen molar-refractivity contribution >= 4 is 5.78 Å². The zero-order valence-electron chi connectivity index (χ0n) is 27.9. The van der Waals surface area contributed by atoms with Crippen molar-refractivity contribution < 1.29 is 9.18 Å². The number of hydrogen-bond donors (Lipinski definition) is 0. The van der Waals surface area contributed by atoms with Gasteiger partial charge in [-0.1, -0.05) is 114 Å². The first-order valence-electron chi connectivity index (χ1n) is 16.5. The molecule has 1 heterocycles. The number of carbonyl (C=O) groups excluding carboxylic acids is 1. The SMILES string of the molecule is CCCc1nc(C)n(CC(=O)C(C)(C)C)c(=O)c1Cc1ccc(-c2ccccc2C#N)cc1F.c1ccc(C2CCCCC2)cc1. The van der Waals surface area contributed by atoms with E-state index in [1.165, 1.54) is 42.7 Å². The Morgan fingerprint density at radius 3 is 2.30 bits per heavy atom. The van der Waals surface area contributed by atoms with Crippen LogP contribution in [0.4, 0.5) is 4.39 Å². The van der Waals surface area contributed by atoms with E-state index in [-0.39, 0.29) is 24.3 Å². The third-order valence-electron chi connectivity index (χ3n) is 8.82. The van der Waals surface area contributed by atoms with Crippen LogP contribution in [0.25, 0.3) is 11.1 Å². The Morgan fingerprint density at radius 1 is 1.00 bits per heavy atom. The topological polar surface area (TPSA) is 75.8 Å². The second kappa shape index (κ2) is 15.8. The fourth-order valence-electron chi connectivity index (χ4n) is 5.99. The van der Waals surface area contributed by atoms with E-state index in [0.717, 1.165) is 12.3 Å². The molecule has 240 valence electrons. The van der Waals surface area contributed by atoms with Gasteiger partial charge in [0.1, 0.15) is 11.6 Å². The number of Topliss-reactive ketones (excluding diaryl/α,β-unsaturated/α-hetero) is 1. The molecule has 6 heteroatoms. The largest absolute Gasteiger partial charge is 0.297 e. The van der Waals surface area contributed by atoms with Crippen LogP contribution in [0.5, 0.6) is 0 Å². The molecule has 46 heavy (non-hydrogen) atoms. The first-order chi connectivity index (χ1) is 22.0. The number of aromatic nitrogens is 2. The molecular formula is C40H46FN3O2. The van der Waals surface area contributed by atoms with Crippen molar-refractivity contribution in [3.05, 3.63) is 123 Å². The molecule has 0 amide bonds. The second-order valence-electron chi connectivity index (χ2n) is 13.3. The predicted molar refractivity (Wildman–Crippen MR) is 183 cm³/mol. The minimum Gasteiger partial charge on any atom is -0.297 e. The zero-order valence-corrected chi connectivity index (χ0v) is 27.9. The Bertz CT molecular complexity index is 1740. The average molecular weight is 620 g/mol. The maximum atomic E-state index is 15.2. The monoisotopic (exact) mass is 619 g/mol. The summed E-state index contributed by atoms with van der Waals surface area (Å²) in [7, 11) is 0. The van der Waals surface area contributed by atoms with Crippen LogP contribution in [0, 0.1) is 29.5 Å². The first-order valence-corrected chi connectivity index (χ1v) is 16.5. The van der Waals surface area contributed by atoms with Gasteiger partial charge in [-0.15, -0.1) is 0 Å². The van der Waals surface area contributed by atoms with Crippen molar-refractivity contribution in [2.24, 2.45) is 5.41 Å². The minimum atomic E-state index is -0.588. The lowest BCUT2D eigenvalue weighted by molar-refractivity contribution is -0.127. The Hall–Kier alpha value is -4.37. The zero-order chi connectivity index (χ0) is 33.3. The lowest BCUT2D eigenvalue weighted by atomic mass is 9.84. The summed E-state index contributed by atoms with van der Waals surface area (Å²) in [5.74, 6) is 0.823. The number of ketones is 1. The average Bonchev–Trinajstić information content (AvgIpc) is 3.06. The number of rotatable bonds is 8. The summed E-state index contributed by atoms with van der Waals surface area (Å²) >= 11 is 0. The van der Waals surface area contributed by atoms with Gasteiger partial charge in [-0.3, -0.25) is 14.2 Å². The van der Waals surface area contributed by atoms with Gasteiger partial charge in [-0.25, -0.2) is 9.37 Å². The van der Waals surface area contributed by atoms with Crippen LogP contribution in [-0.4, -0.2) is 15.3 Å². The minimum absolute atomic E-state index is 0.0626. The molecule has 0 saturated heterocycles. The highest BCUT2D eigenvalue weighted by Gasteiger charge is 2.24. The Labute approximate surface area is 273 Å². The van der Waals surface area contributed by atoms with Crippen molar-refractivity contribution in [3.8, 4) is 17.2 Å². The highest BCUT2D eigenvalue weighted by atomic mass is 19.1. The van der Waals surface area contributed by atoms with Crippen LogP contribution in [0.2, 0.25) is 0 Å². The molecule has 1 aliphatic carbocycles. The molecular weight excluding hydrogens is 573 g/mol. The maximum absolute atomic E-state index is 15.2. The first kappa shape index (κ1) is 34.5. The highest BCUT2D eigenvalue weighted by Crippen LogP contribution is 2.32. The fourth-order valence-corrected chi connectivity index (χ4v) is 5.99. The third kappa shape index (κ3) is 8.66. The van der Waals surface area contributed by atoms with E-state index >= 15 is 4.39 Å². The molecule has 0 unspecified atom stereocenters. The molecule has 5 nitrogen and oxygen atoms in total. The van der Waals surface area contributed by atoms with Gasteiger partial charge >= 0.3 is 0 Å². The number of halogens is 1. The van der Waals surface area contributed by atoms with Crippen LogP contribution < -0.4 is 5.56 Å². The number of benzene rings is 3. The van der Waals surface area contributed by atoms with Crippen molar-refractivity contribution in [1.82, 2.24) is 9.55 Å². The molecule has 1 fully saturated rings. The van der Waals surface area contributed by atoms with E-state index in [0.29, 0.717) is 45.8 Å². The molecule has 1 saturated carbocycles. The number of aryl methyl sites for hydroxylation is 2. The van der Waals surface area contributed by atoms with E-state index in [1.54, 1.807) is 48.9 Å². The van der Waals surface area contributed by atoms with Crippen LogP contribution in [0.15, 0.2) is 77.6 Å². The van der Waals surface area contributed by atoms with E-state index in [1.807, 2.05) is 27.7 Å². The quantitative estimate of drug-likeness (QED) is 0.197. The van der Waals surface area contributed by atoms with Crippen LogP contribution >= 0.6 is 0 Å². The Kier molecular flexibility index (Phi) is 11.8. The number of hydrogen-bond acceptors (Lipinski definition) is 4. The second-order valence-corrected chi connectivity index (χ2v) is 13.3. The maximum Gasteiger partial charge on any atom is 0.257 e. The molecule has 4 aromatic rings. The Morgan fingerprint density at radius 2 is 1.67 bits per heavy atom. The molecule has 1 aliphatic rings. The summed E-state index contributed by atoms with van der Waals surface area (Å²) < 4.78 is 16.6. The van der Waals surface area contributed by atoms with Crippen LogP contribution in [0.3, 0.4) is 0 Å². The lowest BCUT2D eigenvalue weighted by Gasteiger charge is -2.21. The molecule has 3 aromatic carbocycles. The molecule has 0 bridgehead atoms. The van der Waals surface area contributed by atoms with Gasteiger partial charge in [0.2, 0.25) is 0 Å². The smallest absolute Gasteiger partial charge is 0.257 e. The normalized spacial score (nSPS) is 13.4. The number of nitrogens with zero attached hydrogens (tertiary/aromatic N) is 3. The van der Waals surface area contributed by atoms with Gasteiger partial charge in [0.25, 0.3) is 5.56 Å². The summed E-state index contributed by atoms with van der Waals surface area (Å²) in [6.07, 6.45) is 8.58. The van der Waals surface area contributed by atoms with Crippen molar-refractivity contribution in [1.29, 1.82) is 5.26 Å². The van der Waals surface area contributed by atoms with Crippen molar-refractivity contribution in [3.63, 3.8) is 0 Å². The highest BCUT2D eigenvalue weighted by molar-refractivity contribution is 5.83. The van der Waals surface area contributed by atoms with Gasteiger partial charge in [0, 0.05) is 17.4 Å². The third-order valence-corrected chi connectivity index (χ3v) is 8.82. The Balaban J connectivity index is 0.000000331. The summed E-state index contributed by atoms with van der Waals surface area (Å²) in [6.45, 7) is 9.11. The summed E-state index contributed by atoms with van der Waals surface area (Å²) in [4.78, 5) is 30.7. The summed E-state index contributed by atoms with van der Waals surface area (Å²) in [5, 5.41) is 9.36. The number of nitriles is 1. The summed E-state index contributed by atoms with van der Waals surface area (Å²) in [6, 6.07) is 24.9. The molecule has 1 aromatic heterocycles. The van der Waals surface area contributed by atoms with Crippen LogP contribution in [0.1, 0.15) is 106 Å².